The van der Waals surface area contributed by atoms with E-state index >= 15 is 0 Å². The standard InChI is InChI=1S/C12H13ClN2OS/c13-10-2-4-11(5-3-10)16-8-1-9-17-12-14-6-7-15-12/h2-7H,1,8-9H2,(H,14,15). The Morgan fingerprint density at radius 1 is 1.29 bits per heavy atom. The van der Waals surface area contributed by atoms with Crippen molar-refractivity contribution >= 4 is 23.4 Å². The average molecular weight is 269 g/mol. The largest absolute Gasteiger partial charge is 0.494 e. The van der Waals surface area contributed by atoms with Crippen LogP contribution in [0, 0.1) is 0 Å². The third kappa shape index (κ3) is 4.32. The summed E-state index contributed by atoms with van der Waals surface area (Å²) in [6, 6.07) is 7.41. The van der Waals surface area contributed by atoms with Crippen molar-refractivity contribution in [3.05, 3.63) is 41.7 Å². The van der Waals surface area contributed by atoms with Crippen LogP contribution in [0.1, 0.15) is 6.42 Å². The topological polar surface area (TPSA) is 37.9 Å². The first-order valence-electron chi connectivity index (χ1n) is 5.35. The van der Waals surface area contributed by atoms with Gasteiger partial charge in [-0.25, -0.2) is 4.98 Å². The molecule has 0 saturated heterocycles. The van der Waals surface area contributed by atoms with Gasteiger partial charge in [-0.1, -0.05) is 23.4 Å². The van der Waals surface area contributed by atoms with E-state index in [9.17, 15) is 0 Å². The molecule has 0 atom stereocenters. The zero-order chi connectivity index (χ0) is 11.9. The highest BCUT2D eigenvalue weighted by atomic mass is 35.5. The molecule has 0 amide bonds. The van der Waals surface area contributed by atoms with E-state index in [0.29, 0.717) is 6.61 Å². The summed E-state index contributed by atoms with van der Waals surface area (Å²) >= 11 is 7.48. The van der Waals surface area contributed by atoms with Crippen LogP contribution in [0.2, 0.25) is 5.02 Å². The van der Waals surface area contributed by atoms with Crippen LogP contribution in [0.25, 0.3) is 0 Å². The van der Waals surface area contributed by atoms with Gasteiger partial charge in [0.1, 0.15) is 5.75 Å². The molecule has 0 aliphatic carbocycles. The fourth-order valence-corrected chi connectivity index (χ4v) is 2.15. The molecular formula is C12H13ClN2OS. The van der Waals surface area contributed by atoms with Gasteiger partial charge in [0, 0.05) is 23.2 Å². The first kappa shape index (κ1) is 12.3. The molecule has 5 heteroatoms. The summed E-state index contributed by atoms with van der Waals surface area (Å²) in [6.07, 6.45) is 4.56. The molecule has 0 aliphatic rings. The fraction of sp³-hybridized carbons (Fsp3) is 0.250. The number of nitrogens with one attached hydrogen (secondary N) is 1. The van der Waals surface area contributed by atoms with E-state index in [2.05, 4.69) is 9.97 Å². The van der Waals surface area contributed by atoms with E-state index in [-0.39, 0.29) is 0 Å². The van der Waals surface area contributed by atoms with Gasteiger partial charge in [-0.15, -0.1) is 0 Å². The van der Waals surface area contributed by atoms with Crippen molar-refractivity contribution in [2.45, 2.75) is 11.6 Å². The number of thioether (sulfide) groups is 1. The lowest BCUT2D eigenvalue weighted by Gasteiger charge is -2.05. The Kier molecular flexibility index (Phi) is 4.76. The van der Waals surface area contributed by atoms with Gasteiger partial charge in [0.25, 0.3) is 0 Å². The summed E-state index contributed by atoms with van der Waals surface area (Å²) in [4.78, 5) is 7.18. The van der Waals surface area contributed by atoms with Crippen LogP contribution in [0.3, 0.4) is 0 Å². The number of nitrogens with zero attached hydrogens (tertiary/aromatic N) is 1. The maximum Gasteiger partial charge on any atom is 0.165 e. The van der Waals surface area contributed by atoms with Crippen LogP contribution in [-0.4, -0.2) is 22.3 Å². The summed E-state index contributed by atoms with van der Waals surface area (Å²) in [5, 5.41) is 1.68. The van der Waals surface area contributed by atoms with E-state index in [0.717, 1.165) is 28.1 Å². The average Bonchev–Trinajstić information content (AvgIpc) is 2.84. The predicted molar refractivity (Wildman–Crippen MR) is 70.9 cm³/mol. The van der Waals surface area contributed by atoms with E-state index < -0.39 is 0 Å². The van der Waals surface area contributed by atoms with E-state index in [1.54, 1.807) is 18.0 Å². The van der Waals surface area contributed by atoms with Gasteiger partial charge in [-0.05, 0) is 30.7 Å². The van der Waals surface area contributed by atoms with E-state index in [4.69, 9.17) is 16.3 Å². The van der Waals surface area contributed by atoms with Crippen molar-refractivity contribution in [2.75, 3.05) is 12.4 Å². The molecule has 0 saturated carbocycles. The number of imidazole rings is 1. The Bertz CT molecular complexity index is 430. The molecular weight excluding hydrogens is 256 g/mol. The molecule has 2 rings (SSSR count). The maximum absolute atomic E-state index is 5.78. The molecule has 90 valence electrons. The van der Waals surface area contributed by atoms with Crippen LogP contribution in [0.15, 0.2) is 41.8 Å². The number of hydrogen-bond acceptors (Lipinski definition) is 3. The molecule has 17 heavy (non-hydrogen) atoms. The Morgan fingerprint density at radius 2 is 2.12 bits per heavy atom. The van der Waals surface area contributed by atoms with Gasteiger partial charge < -0.3 is 9.72 Å². The Morgan fingerprint density at radius 3 is 2.82 bits per heavy atom. The van der Waals surface area contributed by atoms with E-state index in [1.807, 2.05) is 30.5 Å². The molecule has 1 N–H and O–H groups in total. The van der Waals surface area contributed by atoms with Gasteiger partial charge in [-0.2, -0.15) is 0 Å². The lowest BCUT2D eigenvalue weighted by Crippen LogP contribution is -1.98. The van der Waals surface area contributed by atoms with Crippen molar-refractivity contribution < 1.29 is 4.74 Å². The number of benzene rings is 1. The molecule has 3 nitrogen and oxygen atoms in total. The first-order valence-corrected chi connectivity index (χ1v) is 6.71. The van der Waals surface area contributed by atoms with Crippen LogP contribution in [-0.2, 0) is 0 Å². The fourth-order valence-electron chi connectivity index (χ4n) is 1.28. The molecule has 1 aromatic carbocycles. The van der Waals surface area contributed by atoms with Crippen molar-refractivity contribution in [3.63, 3.8) is 0 Å². The van der Waals surface area contributed by atoms with Gasteiger partial charge >= 0.3 is 0 Å². The molecule has 0 spiro atoms. The third-order valence-electron chi connectivity index (χ3n) is 2.08. The molecule has 0 radical (unpaired) electrons. The second-order valence-corrected chi connectivity index (χ2v) is 4.92. The summed E-state index contributed by atoms with van der Waals surface area (Å²) in [7, 11) is 0. The number of aromatic amines is 1. The number of halogens is 1. The smallest absolute Gasteiger partial charge is 0.165 e. The number of H-pyrrole nitrogens is 1. The monoisotopic (exact) mass is 268 g/mol. The van der Waals surface area contributed by atoms with Crippen LogP contribution in [0.5, 0.6) is 5.75 Å². The highest BCUT2D eigenvalue weighted by Gasteiger charge is 1.97. The molecule has 1 heterocycles. The van der Waals surface area contributed by atoms with Crippen molar-refractivity contribution in [2.24, 2.45) is 0 Å². The third-order valence-corrected chi connectivity index (χ3v) is 3.32. The summed E-state index contributed by atoms with van der Waals surface area (Å²) in [5.41, 5.74) is 0. The van der Waals surface area contributed by atoms with E-state index in [1.165, 1.54) is 0 Å². The van der Waals surface area contributed by atoms with Crippen molar-refractivity contribution in [1.82, 2.24) is 9.97 Å². The van der Waals surface area contributed by atoms with Gasteiger partial charge in [-0.3, -0.25) is 0 Å². The summed E-state index contributed by atoms with van der Waals surface area (Å²) in [6.45, 7) is 0.704. The number of aromatic nitrogens is 2. The number of rotatable bonds is 6. The molecule has 0 aliphatic heterocycles. The lowest BCUT2D eigenvalue weighted by atomic mass is 10.3. The Hall–Kier alpha value is -1.13. The second-order valence-electron chi connectivity index (χ2n) is 3.40. The molecule has 0 bridgehead atoms. The van der Waals surface area contributed by atoms with Crippen LogP contribution >= 0.6 is 23.4 Å². The normalized spacial score (nSPS) is 10.4. The minimum absolute atomic E-state index is 0.704. The summed E-state index contributed by atoms with van der Waals surface area (Å²) in [5.74, 6) is 1.85. The second kappa shape index (κ2) is 6.57. The highest BCUT2D eigenvalue weighted by molar-refractivity contribution is 7.99. The zero-order valence-electron chi connectivity index (χ0n) is 9.23. The minimum atomic E-state index is 0.704. The van der Waals surface area contributed by atoms with Crippen LogP contribution < -0.4 is 4.74 Å². The lowest BCUT2D eigenvalue weighted by molar-refractivity contribution is 0.318. The first-order chi connectivity index (χ1) is 8.34. The summed E-state index contributed by atoms with van der Waals surface area (Å²) < 4.78 is 5.58. The Balaban J connectivity index is 1.61. The molecule has 1 aromatic heterocycles. The highest BCUT2D eigenvalue weighted by Crippen LogP contribution is 2.16. The van der Waals surface area contributed by atoms with Gasteiger partial charge in [0.05, 0.1) is 6.61 Å². The van der Waals surface area contributed by atoms with Crippen molar-refractivity contribution in [3.8, 4) is 5.75 Å². The zero-order valence-corrected chi connectivity index (χ0v) is 10.8. The Labute approximate surface area is 110 Å². The number of hydrogen-bond donors (Lipinski definition) is 1. The quantitative estimate of drug-likeness (QED) is 0.642. The van der Waals surface area contributed by atoms with Gasteiger partial charge in [0.15, 0.2) is 5.16 Å². The van der Waals surface area contributed by atoms with Gasteiger partial charge in [0.2, 0.25) is 0 Å². The van der Waals surface area contributed by atoms with Crippen molar-refractivity contribution in [1.29, 1.82) is 0 Å². The molecule has 0 fully saturated rings. The number of ether oxygens (including phenoxy) is 1. The minimum Gasteiger partial charge on any atom is -0.494 e. The SMILES string of the molecule is Clc1ccc(OCCCSc2ncc[nH]2)cc1. The molecule has 2 aromatic rings. The van der Waals surface area contributed by atoms with Crippen LogP contribution in [0.4, 0.5) is 0 Å². The maximum atomic E-state index is 5.78. The predicted octanol–water partition coefficient (Wildman–Crippen LogP) is 3.62. The molecule has 0 unspecified atom stereocenters.